The zero-order valence-electron chi connectivity index (χ0n) is 14.4. The third kappa shape index (κ3) is 4.41. The molecular weight excluding hydrogens is 314 g/mol. The lowest BCUT2D eigenvalue weighted by Crippen LogP contribution is -2.31. The Morgan fingerprint density at radius 2 is 1.76 bits per heavy atom. The third-order valence-corrected chi connectivity index (χ3v) is 4.36. The van der Waals surface area contributed by atoms with Crippen LogP contribution in [0.1, 0.15) is 42.8 Å². The van der Waals surface area contributed by atoms with Crippen LogP contribution in [0.3, 0.4) is 0 Å². The van der Waals surface area contributed by atoms with Crippen LogP contribution in [0.2, 0.25) is 0 Å². The molecule has 2 heterocycles. The quantitative estimate of drug-likeness (QED) is 0.591. The number of hydrogen-bond donors (Lipinski definition) is 0. The molecule has 1 amide bonds. The summed E-state index contributed by atoms with van der Waals surface area (Å²) < 4.78 is 11.1. The largest absolute Gasteiger partial charge is 0.469 e. The first-order chi connectivity index (χ1) is 12.3. The summed E-state index contributed by atoms with van der Waals surface area (Å²) in [6, 6.07) is 17.9. The van der Waals surface area contributed by atoms with Crippen LogP contribution in [0.15, 0.2) is 76.0 Å². The van der Waals surface area contributed by atoms with Crippen LogP contribution in [-0.2, 0) is 11.3 Å². The second-order valence-corrected chi connectivity index (χ2v) is 6.02. The predicted octanol–water partition coefficient (Wildman–Crippen LogP) is 4.83. The molecule has 0 aliphatic heterocycles. The molecule has 4 nitrogen and oxygen atoms in total. The third-order valence-electron chi connectivity index (χ3n) is 4.36. The standard InChI is InChI=1S/C21H23NO3/c1-2-21(23)22(16-18-10-6-14-24-18)13-12-19(20-11-7-15-25-20)17-8-4-3-5-9-17/h3-11,14-15,19H,2,12-13,16H2,1H3. The molecule has 0 saturated heterocycles. The number of carbonyl (C=O) groups excluding carboxylic acids is 1. The lowest BCUT2D eigenvalue weighted by molar-refractivity contribution is -0.131. The molecule has 0 bridgehead atoms. The highest BCUT2D eigenvalue weighted by Crippen LogP contribution is 2.28. The smallest absolute Gasteiger partial charge is 0.222 e. The summed E-state index contributed by atoms with van der Waals surface area (Å²) in [5.74, 6) is 1.98. The summed E-state index contributed by atoms with van der Waals surface area (Å²) >= 11 is 0. The number of furan rings is 2. The molecule has 3 rings (SSSR count). The predicted molar refractivity (Wildman–Crippen MR) is 96.0 cm³/mol. The molecule has 4 heteroatoms. The molecule has 2 aromatic heterocycles. The van der Waals surface area contributed by atoms with Gasteiger partial charge in [0.15, 0.2) is 0 Å². The molecule has 0 saturated carbocycles. The Kier molecular flexibility index (Phi) is 5.73. The molecule has 0 N–H and O–H groups in total. The molecule has 1 aromatic carbocycles. The molecule has 1 atom stereocenters. The van der Waals surface area contributed by atoms with Crippen LogP contribution in [0.4, 0.5) is 0 Å². The van der Waals surface area contributed by atoms with E-state index in [4.69, 9.17) is 8.83 Å². The lowest BCUT2D eigenvalue weighted by Gasteiger charge is -2.24. The fourth-order valence-electron chi connectivity index (χ4n) is 3.04. The van der Waals surface area contributed by atoms with E-state index in [0.717, 1.165) is 17.9 Å². The first-order valence-electron chi connectivity index (χ1n) is 8.66. The van der Waals surface area contributed by atoms with Crippen molar-refractivity contribution in [2.45, 2.75) is 32.2 Å². The first-order valence-corrected chi connectivity index (χ1v) is 8.66. The topological polar surface area (TPSA) is 46.6 Å². The molecular formula is C21H23NO3. The number of benzene rings is 1. The Morgan fingerprint density at radius 3 is 2.40 bits per heavy atom. The van der Waals surface area contributed by atoms with Crippen molar-refractivity contribution in [1.29, 1.82) is 0 Å². The molecule has 25 heavy (non-hydrogen) atoms. The zero-order chi connectivity index (χ0) is 17.5. The van der Waals surface area contributed by atoms with Crippen molar-refractivity contribution >= 4 is 5.91 Å². The van der Waals surface area contributed by atoms with E-state index in [2.05, 4.69) is 12.1 Å². The maximum Gasteiger partial charge on any atom is 0.222 e. The SMILES string of the molecule is CCC(=O)N(CCC(c1ccccc1)c1ccco1)Cc1ccco1. The maximum atomic E-state index is 12.3. The Bertz CT molecular complexity index is 748. The van der Waals surface area contributed by atoms with Crippen molar-refractivity contribution in [2.75, 3.05) is 6.54 Å². The number of hydrogen-bond acceptors (Lipinski definition) is 3. The maximum absolute atomic E-state index is 12.3. The van der Waals surface area contributed by atoms with E-state index >= 15 is 0 Å². The summed E-state index contributed by atoms with van der Waals surface area (Å²) in [5, 5.41) is 0. The van der Waals surface area contributed by atoms with Gasteiger partial charge in [-0.25, -0.2) is 0 Å². The van der Waals surface area contributed by atoms with E-state index in [1.54, 1.807) is 12.5 Å². The van der Waals surface area contributed by atoms with Crippen LogP contribution in [0.5, 0.6) is 0 Å². The van der Waals surface area contributed by atoms with Crippen LogP contribution >= 0.6 is 0 Å². The number of amides is 1. The van der Waals surface area contributed by atoms with Crippen molar-refractivity contribution < 1.29 is 13.6 Å². The molecule has 0 radical (unpaired) electrons. The van der Waals surface area contributed by atoms with Gasteiger partial charge in [0.05, 0.1) is 19.1 Å². The van der Waals surface area contributed by atoms with Crippen LogP contribution < -0.4 is 0 Å². The highest BCUT2D eigenvalue weighted by atomic mass is 16.3. The van der Waals surface area contributed by atoms with Gasteiger partial charge in [-0.15, -0.1) is 0 Å². The molecule has 0 spiro atoms. The molecule has 0 aliphatic carbocycles. The Labute approximate surface area is 148 Å². The van der Waals surface area contributed by atoms with Gasteiger partial charge < -0.3 is 13.7 Å². The molecule has 0 fully saturated rings. The first kappa shape index (κ1) is 17.1. The molecule has 3 aromatic rings. The summed E-state index contributed by atoms with van der Waals surface area (Å²) in [6.45, 7) is 3.03. The van der Waals surface area contributed by atoms with E-state index in [1.165, 1.54) is 5.56 Å². The minimum absolute atomic E-state index is 0.125. The fraction of sp³-hybridized carbons (Fsp3) is 0.286. The summed E-state index contributed by atoms with van der Waals surface area (Å²) in [7, 11) is 0. The second-order valence-electron chi connectivity index (χ2n) is 6.02. The van der Waals surface area contributed by atoms with Gasteiger partial charge in [-0.1, -0.05) is 37.3 Å². The Morgan fingerprint density at radius 1 is 1.00 bits per heavy atom. The highest BCUT2D eigenvalue weighted by molar-refractivity contribution is 5.75. The summed E-state index contributed by atoms with van der Waals surface area (Å²) in [6.07, 6.45) is 4.62. The average Bonchev–Trinajstić information content (AvgIpc) is 3.35. The Hall–Kier alpha value is -2.75. The van der Waals surface area contributed by atoms with Gasteiger partial charge >= 0.3 is 0 Å². The van der Waals surface area contributed by atoms with Crippen molar-refractivity contribution in [3.8, 4) is 0 Å². The lowest BCUT2D eigenvalue weighted by atomic mass is 9.93. The van der Waals surface area contributed by atoms with Crippen LogP contribution in [0, 0.1) is 0 Å². The normalized spacial score (nSPS) is 12.0. The molecule has 0 aliphatic rings. The molecule has 130 valence electrons. The van der Waals surface area contributed by atoms with Gasteiger partial charge in [0.25, 0.3) is 0 Å². The van der Waals surface area contributed by atoms with E-state index < -0.39 is 0 Å². The Balaban J connectivity index is 1.75. The van der Waals surface area contributed by atoms with Crippen molar-refractivity contribution in [2.24, 2.45) is 0 Å². The highest BCUT2D eigenvalue weighted by Gasteiger charge is 2.20. The van der Waals surface area contributed by atoms with Crippen molar-refractivity contribution in [1.82, 2.24) is 4.90 Å². The van der Waals surface area contributed by atoms with Crippen LogP contribution in [-0.4, -0.2) is 17.4 Å². The minimum atomic E-state index is 0.125. The van der Waals surface area contributed by atoms with Crippen molar-refractivity contribution in [3.63, 3.8) is 0 Å². The van der Waals surface area contributed by atoms with Gasteiger partial charge in [0.1, 0.15) is 11.5 Å². The van der Waals surface area contributed by atoms with E-state index in [9.17, 15) is 4.79 Å². The minimum Gasteiger partial charge on any atom is -0.469 e. The fourth-order valence-corrected chi connectivity index (χ4v) is 3.04. The van der Waals surface area contributed by atoms with Gasteiger partial charge in [-0.05, 0) is 36.2 Å². The van der Waals surface area contributed by atoms with Gasteiger partial charge in [-0.2, -0.15) is 0 Å². The number of carbonyl (C=O) groups is 1. The summed E-state index contributed by atoms with van der Waals surface area (Å²) in [5.41, 5.74) is 1.19. The van der Waals surface area contributed by atoms with Crippen LogP contribution in [0.25, 0.3) is 0 Å². The molecule has 1 unspecified atom stereocenters. The zero-order valence-corrected chi connectivity index (χ0v) is 14.4. The monoisotopic (exact) mass is 337 g/mol. The average molecular weight is 337 g/mol. The number of rotatable bonds is 8. The van der Waals surface area contributed by atoms with Crippen molar-refractivity contribution in [3.05, 3.63) is 84.2 Å². The number of nitrogens with zero attached hydrogens (tertiary/aromatic N) is 1. The second kappa shape index (κ2) is 8.38. The van der Waals surface area contributed by atoms with Gasteiger partial charge in [-0.3, -0.25) is 4.79 Å². The van der Waals surface area contributed by atoms with E-state index in [-0.39, 0.29) is 11.8 Å². The van der Waals surface area contributed by atoms with E-state index in [0.29, 0.717) is 19.5 Å². The summed E-state index contributed by atoms with van der Waals surface area (Å²) in [4.78, 5) is 14.2. The van der Waals surface area contributed by atoms with Gasteiger partial charge in [0, 0.05) is 18.9 Å². The van der Waals surface area contributed by atoms with E-state index in [1.807, 2.05) is 54.3 Å². The van der Waals surface area contributed by atoms with Gasteiger partial charge in [0.2, 0.25) is 5.91 Å².